The van der Waals surface area contributed by atoms with E-state index >= 15 is 0 Å². The molecular weight excluding hydrogens is 488 g/mol. The second kappa shape index (κ2) is 12.0. The first-order valence-corrected chi connectivity index (χ1v) is 9.60. The Morgan fingerprint density at radius 1 is 1.34 bits per heavy atom. The van der Waals surface area contributed by atoms with E-state index in [1.54, 1.807) is 23.9 Å². The Hall–Kier alpha value is -1.88. The van der Waals surface area contributed by atoms with Crippen molar-refractivity contribution < 1.29 is 13.9 Å². The van der Waals surface area contributed by atoms with Crippen molar-refractivity contribution in [1.29, 1.82) is 0 Å². The van der Waals surface area contributed by atoms with Gasteiger partial charge in [0.2, 0.25) is 0 Å². The Morgan fingerprint density at radius 3 is 2.83 bits per heavy atom. The van der Waals surface area contributed by atoms with Crippen LogP contribution >= 0.6 is 24.0 Å². The Balaban J connectivity index is 0.00000300. The summed E-state index contributed by atoms with van der Waals surface area (Å²) in [6.07, 6.45) is 5.71. The van der Waals surface area contributed by atoms with Crippen LogP contribution in [0.15, 0.2) is 41.7 Å². The van der Waals surface area contributed by atoms with Crippen LogP contribution < -0.4 is 10.1 Å². The summed E-state index contributed by atoms with van der Waals surface area (Å²) in [6, 6.07) is 6.10. The molecule has 0 bridgehead atoms. The van der Waals surface area contributed by atoms with Crippen LogP contribution in [-0.2, 0) is 11.8 Å². The Kier molecular flexibility index (Phi) is 9.65. The summed E-state index contributed by atoms with van der Waals surface area (Å²) in [5.74, 6) is 1.33. The molecule has 1 atom stereocenters. The van der Waals surface area contributed by atoms with Crippen molar-refractivity contribution in [3.63, 3.8) is 0 Å². The SMILES string of the molecule is CN=C(NCCCCOc1ccc(F)cc1)N1CCOC(c2cnn(C)c2)C1.I. The first-order valence-electron chi connectivity index (χ1n) is 9.60. The van der Waals surface area contributed by atoms with Gasteiger partial charge >= 0.3 is 0 Å². The van der Waals surface area contributed by atoms with E-state index in [1.165, 1.54) is 12.1 Å². The number of hydrogen-bond acceptors (Lipinski definition) is 4. The normalized spacial score (nSPS) is 17.0. The zero-order valence-electron chi connectivity index (χ0n) is 16.9. The minimum absolute atomic E-state index is 0. The third-order valence-electron chi connectivity index (χ3n) is 4.61. The van der Waals surface area contributed by atoms with E-state index in [4.69, 9.17) is 9.47 Å². The number of ether oxygens (including phenoxy) is 2. The van der Waals surface area contributed by atoms with Gasteiger partial charge in [0.05, 0.1) is 26.0 Å². The zero-order chi connectivity index (χ0) is 19.8. The number of halogens is 2. The van der Waals surface area contributed by atoms with E-state index in [9.17, 15) is 4.39 Å². The lowest BCUT2D eigenvalue weighted by molar-refractivity contribution is -0.00802. The number of aromatic nitrogens is 2. The van der Waals surface area contributed by atoms with Crippen molar-refractivity contribution in [2.45, 2.75) is 18.9 Å². The number of guanidine groups is 1. The second-order valence-electron chi connectivity index (χ2n) is 6.74. The molecule has 9 heteroatoms. The molecule has 2 aromatic rings. The first-order chi connectivity index (χ1) is 13.7. The number of aryl methyl sites for hydroxylation is 1. The molecule has 0 radical (unpaired) electrons. The van der Waals surface area contributed by atoms with Gasteiger partial charge in [0, 0.05) is 38.9 Å². The summed E-state index contributed by atoms with van der Waals surface area (Å²) in [4.78, 5) is 6.63. The molecule has 1 fully saturated rings. The maximum atomic E-state index is 12.9. The first kappa shape index (κ1) is 23.4. The topological polar surface area (TPSA) is 63.9 Å². The van der Waals surface area contributed by atoms with Gasteiger partial charge in [0.25, 0.3) is 0 Å². The van der Waals surface area contributed by atoms with Gasteiger partial charge in [-0.2, -0.15) is 5.10 Å². The highest BCUT2D eigenvalue weighted by molar-refractivity contribution is 14.0. The fraction of sp³-hybridized carbons (Fsp3) is 0.500. The quantitative estimate of drug-likeness (QED) is 0.265. The molecule has 2 heterocycles. The highest BCUT2D eigenvalue weighted by Crippen LogP contribution is 2.21. The fourth-order valence-corrected chi connectivity index (χ4v) is 3.13. The number of morpholine rings is 1. The van der Waals surface area contributed by atoms with E-state index in [1.807, 2.05) is 19.4 Å². The number of nitrogens with one attached hydrogen (secondary N) is 1. The van der Waals surface area contributed by atoms with Crippen LogP contribution in [0.1, 0.15) is 24.5 Å². The lowest BCUT2D eigenvalue weighted by Crippen LogP contribution is -2.48. The number of rotatable bonds is 7. The maximum Gasteiger partial charge on any atom is 0.193 e. The largest absolute Gasteiger partial charge is 0.494 e. The lowest BCUT2D eigenvalue weighted by Gasteiger charge is -2.34. The van der Waals surface area contributed by atoms with Gasteiger partial charge in [-0.05, 0) is 37.1 Å². The molecule has 0 amide bonds. The van der Waals surface area contributed by atoms with Crippen LogP contribution in [0.3, 0.4) is 0 Å². The van der Waals surface area contributed by atoms with Gasteiger partial charge in [-0.1, -0.05) is 0 Å². The molecule has 160 valence electrons. The van der Waals surface area contributed by atoms with Gasteiger partial charge < -0.3 is 19.7 Å². The van der Waals surface area contributed by atoms with Crippen molar-refractivity contribution >= 4 is 29.9 Å². The summed E-state index contributed by atoms with van der Waals surface area (Å²) in [5, 5.41) is 7.64. The van der Waals surface area contributed by atoms with E-state index in [-0.39, 0.29) is 35.9 Å². The molecule has 1 aliphatic rings. The molecule has 3 rings (SSSR count). The number of nitrogens with zero attached hydrogens (tertiary/aromatic N) is 4. The predicted octanol–water partition coefficient (Wildman–Crippen LogP) is 2.99. The van der Waals surface area contributed by atoms with Gasteiger partial charge in [-0.25, -0.2) is 4.39 Å². The molecule has 1 unspecified atom stereocenters. The van der Waals surface area contributed by atoms with Crippen molar-refractivity contribution in [2.75, 3.05) is 39.9 Å². The summed E-state index contributed by atoms with van der Waals surface area (Å²) in [5.41, 5.74) is 1.08. The molecule has 1 N–H and O–H groups in total. The minimum atomic E-state index is -0.253. The van der Waals surface area contributed by atoms with E-state index in [0.717, 1.165) is 44.0 Å². The standard InChI is InChI=1S/C20H28FN5O2.HI/c1-22-20(23-9-3-4-11-27-18-7-5-17(21)6-8-18)26-10-12-28-19(15-26)16-13-24-25(2)14-16;/h5-8,13-14,19H,3-4,9-12,15H2,1-2H3,(H,22,23);1H. The van der Waals surface area contributed by atoms with Crippen LogP contribution in [0.4, 0.5) is 4.39 Å². The van der Waals surface area contributed by atoms with Gasteiger partial charge in [-0.15, -0.1) is 24.0 Å². The average molecular weight is 517 g/mol. The average Bonchev–Trinajstić information content (AvgIpc) is 3.15. The molecule has 1 aliphatic heterocycles. The van der Waals surface area contributed by atoms with Gasteiger partial charge in [0.15, 0.2) is 5.96 Å². The highest BCUT2D eigenvalue weighted by Gasteiger charge is 2.24. The van der Waals surface area contributed by atoms with Crippen LogP contribution in [0, 0.1) is 5.82 Å². The Labute approximate surface area is 188 Å². The van der Waals surface area contributed by atoms with Crippen LogP contribution in [0.5, 0.6) is 5.75 Å². The van der Waals surface area contributed by atoms with Crippen LogP contribution in [0.25, 0.3) is 0 Å². The smallest absolute Gasteiger partial charge is 0.193 e. The third kappa shape index (κ3) is 7.14. The number of unbranched alkanes of at least 4 members (excludes halogenated alkanes) is 1. The molecule has 0 spiro atoms. The van der Waals surface area contributed by atoms with Gasteiger partial charge in [0.1, 0.15) is 17.7 Å². The monoisotopic (exact) mass is 517 g/mol. The Morgan fingerprint density at radius 2 is 2.14 bits per heavy atom. The molecule has 1 saturated heterocycles. The molecule has 0 aliphatic carbocycles. The molecular formula is C20H29FIN5O2. The predicted molar refractivity (Wildman–Crippen MR) is 121 cm³/mol. The fourth-order valence-electron chi connectivity index (χ4n) is 3.13. The second-order valence-corrected chi connectivity index (χ2v) is 6.74. The van der Waals surface area contributed by atoms with Crippen molar-refractivity contribution in [1.82, 2.24) is 20.0 Å². The molecule has 29 heavy (non-hydrogen) atoms. The van der Waals surface area contributed by atoms with E-state index < -0.39 is 0 Å². The Bertz CT molecular complexity index is 768. The van der Waals surface area contributed by atoms with Gasteiger partial charge in [-0.3, -0.25) is 9.67 Å². The van der Waals surface area contributed by atoms with E-state index in [2.05, 4.69) is 20.3 Å². The summed E-state index contributed by atoms with van der Waals surface area (Å²) >= 11 is 0. The van der Waals surface area contributed by atoms with Crippen molar-refractivity contribution in [2.24, 2.45) is 12.0 Å². The van der Waals surface area contributed by atoms with E-state index in [0.29, 0.717) is 19.0 Å². The third-order valence-corrected chi connectivity index (χ3v) is 4.61. The van der Waals surface area contributed by atoms with Crippen LogP contribution in [0.2, 0.25) is 0 Å². The number of hydrogen-bond donors (Lipinski definition) is 1. The number of benzene rings is 1. The molecule has 0 saturated carbocycles. The maximum absolute atomic E-state index is 12.9. The van der Waals surface area contributed by atoms with Crippen molar-refractivity contribution in [3.05, 3.63) is 48.0 Å². The van der Waals surface area contributed by atoms with Crippen molar-refractivity contribution in [3.8, 4) is 5.75 Å². The number of aliphatic imine (C=N–C) groups is 1. The molecule has 7 nitrogen and oxygen atoms in total. The minimum Gasteiger partial charge on any atom is -0.494 e. The lowest BCUT2D eigenvalue weighted by atomic mass is 10.1. The zero-order valence-corrected chi connectivity index (χ0v) is 19.2. The van der Waals surface area contributed by atoms with Crippen LogP contribution in [-0.4, -0.2) is 60.5 Å². The molecule has 1 aromatic carbocycles. The summed E-state index contributed by atoms with van der Waals surface area (Å²) in [6.45, 7) is 3.63. The summed E-state index contributed by atoms with van der Waals surface area (Å²) < 4.78 is 26.2. The molecule has 1 aromatic heterocycles. The highest BCUT2D eigenvalue weighted by atomic mass is 127. The summed E-state index contributed by atoms with van der Waals surface area (Å²) in [7, 11) is 3.71.